The molecule has 138 valence electrons. The van der Waals surface area contributed by atoms with Crippen molar-refractivity contribution < 1.29 is 4.79 Å². The summed E-state index contributed by atoms with van der Waals surface area (Å²) in [5.74, 6) is 1.55. The van der Waals surface area contributed by atoms with Crippen molar-refractivity contribution in [1.29, 1.82) is 0 Å². The molecule has 1 amide bonds. The van der Waals surface area contributed by atoms with Crippen LogP contribution in [-0.4, -0.2) is 33.9 Å². The number of piperidine rings is 1. The van der Waals surface area contributed by atoms with Crippen LogP contribution < -0.4 is 5.32 Å². The van der Waals surface area contributed by atoms with Crippen LogP contribution in [0.25, 0.3) is 0 Å². The largest absolute Gasteiger partial charge is 0.342 e. The van der Waals surface area contributed by atoms with Gasteiger partial charge >= 0.3 is 0 Å². The smallest absolute Gasteiger partial charge is 0.227 e. The number of likely N-dealkylation sites (tertiary alicyclic amines) is 1. The van der Waals surface area contributed by atoms with Crippen LogP contribution in [0.4, 0.5) is 11.6 Å². The van der Waals surface area contributed by atoms with Gasteiger partial charge in [-0.15, -0.1) is 0 Å². The molecule has 0 spiro atoms. The number of rotatable bonds is 5. The molecular formula is C21H28N4O. The number of nitrogens with one attached hydrogen (secondary N) is 1. The molecule has 1 fully saturated rings. The van der Waals surface area contributed by atoms with Crippen molar-refractivity contribution in [3.05, 3.63) is 47.8 Å². The monoisotopic (exact) mass is 352 g/mol. The highest BCUT2D eigenvalue weighted by Crippen LogP contribution is 2.27. The maximum atomic E-state index is 12.4. The van der Waals surface area contributed by atoms with Crippen molar-refractivity contribution in [1.82, 2.24) is 14.9 Å². The quantitative estimate of drug-likeness (QED) is 0.872. The molecule has 1 atom stereocenters. The molecule has 5 heteroatoms. The predicted octanol–water partition coefficient (Wildman–Crippen LogP) is 4.28. The number of hydrogen-bond donors (Lipinski definition) is 1. The Bertz CT molecular complexity index is 759. The Morgan fingerprint density at radius 2 is 2.12 bits per heavy atom. The second kappa shape index (κ2) is 8.30. The number of hydrogen-bond acceptors (Lipinski definition) is 4. The zero-order chi connectivity index (χ0) is 18.5. The van der Waals surface area contributed by atoms with Gasteiger partial charge in [0.2, 0.25) is 11.9 Å². The third-order valence-corrected chi connectivity index (χ3v) is 4.84. The van der Waals surface area contributed by atoms with Crippen LogP contribution in [0, 0.1) is 12.8 Å². The van der Waals surface area contributed by atoms with Gasteiger partial charge in [0.05, 0.1) is 5.69 Å². The molecule has 26 heavy (non-hydrogen) atoms. The Hall–Kier alpha value is -2.43. The van der Waals surface area contributed by atoms with E-state index in [2.05, 4.69) is 37.1 Å². The Balaban J connectivity index is 1.71. The fourth-order valence-electron chi connectivity index (χ4n) is 3.42. The van der Waals surface area contributed by atoms with Crippen LogP contribution >= 0.6 is 0 Å². The van der Waals surface area contributed by atoms with Crippen molar-refractivity contribution in [2.45, 2.75) is 46.0 Å². The zero-order valence-corrected chi connectivity index (χ0v) is 15.9. The molecule has 1 aliphatic rings. The first-order valence-corrected chi connectivity index (χ1v) is 9.46. The van der Waals surface area contributed by atoms with E-state index in [0.29, 0.717) is 18.3 Å². The van der Waals surface area contributed by atoms with E-state index in [0.717, 1.165) is 42.9 Å². The maximum Gasteiger partial charge on any atom is 0.227 e. The van der Waals surface area contributed by atoms with Gasteiger partial charge in [-0.3, -0.25) is 4.79 Å². The summed E-state index contributed by atoms with van der Waals surface area (Å²) in [6.45, 7) is 7.86. The summed E-state index contributed by atoms with van der Waals surface area (Å²) in [5, 5.41) is 3.31. The van der Waals surface area contributed by atoms with Gasteiger partial charge in [0.25, 0.3) is 0 Å². The molecule has 2 aromatic rings. The Kier molecular flexibility index (Phi) is 5.86. The Morgan fingerprint density at radius 3 is 2.88 bits per heavy atom. The highest BCUT2D eigenvalue weighted by atomic mass is 16.2. The van der Waals surface area contributed by atoms with E-state index in [-0.39, 0.29) is 11.8 Å². The van der Waals surface area contributed by atoms with E-state index in [9.17, 15) is 4.79 Å². The summed E-state index contributed by atoms with van der Waals surface area (Å²) in [4.78, 5) is 23.5. The second-order valence-electron chi connectivity index (χ2n) is 7.52. The van der Waals surface area contributed by atoms with E-state index in [1.807, 2.05) is 29.2 Å². The fraction of sp³-hybridized carbons (Fsp3) is 0.476. The van der Waals surface area contributed by atoms with Gasteiger partial charge in [-0.1, -0.05) is 32.0 Å². The van der Waals surface area contributed by atoms with Gasteiger partial charge in [0.1, 0.15) is 0 Å². The molecule has 0 saturated carbocycles. The summed E-state index contributed by atoms with van der Waals surface area (Å²) in [6.07, 6.45) is 4.51. The minimum Gasteiger partial charge on any atom is -0.342 e. The Morgan fingerprint density at radius 1 is 1.31 bits per heavy atom. The molecule has 2 heterocycles. The first-order valence-electron chi connectivity index (χ1n) is 9.46. The molecule has 0 aliphatic carbocycles. The third-order valence-electron chi connectivity index (χ3n) is 4.84. The average molecular weight is 352 g/mol. The van der Waals surface area contributed by atoms with Gasteiger partial charge in [0, 0.05) is 37.3 Å². The molecule has 1 saturated heterocycles. The lowest BCUT2D eigenvalue weighted by Crippen LogP contribution is -2.39. The number of para-hydroxylation sites is 1. The fourth-order valence-corrected chi connectivity index (χ4v) is 3.42. The van der Waals surface area contributed by atoms with Crippen LogP contribution in [0.15, 0.2) is 36.5 Å². The van der Waals surface area contributed by atoms with Gasteiger partial charge in [-0.05, 0) is 43.4 Å². The molecule has 5 nitrogen and oxygen atoms in total. The number of carbonyl (C=O) groups excluding carboxylic acids is 1. The lowest BCUT2D eigenvalue weighted by molar-refractivity contribution is -0.133. The van der Waals surface area contributed by atoms with Gasteiger partial charge in [0.15, 0.2) is 0 Å². The van der Waals surface area contributed by atoms with E-state index < -0.39 is 0 Å². The minimum absolute atomic E-state index is 0.261. The molecule has 0 unspecified atom stereocenters. The predicted molar refractivity (Wildman–Crippen MR) is 105 cm³/mol. The highest BCUT2D eigenvalue weighted by Gasteiger charge is 2.26. The lowest BCUT2D eigenvalue weighted by atomic mass is 9.94. The molecular weight excluding hydrogens is 324 g/mol. The first kappa shape index (κ1) is 18.4. The second-order valence-corrected chi connectivity index (χ2v) is 7.52. The highest BCUT2D eigenvalue weighted by molar-refractivity contribution is 5.76. The van der Waals surface area contributed by atoms with E-state index >= 15 is 0 Å². The summed E-state index contributed by atoms with van der Waals surface area (Å²) < 4.78 is 0. The van der Waals surface area contributed by atoms with Crippen LogP contribution in [-0.2, 0) is 4.79 Å². The standard InChI is InChI=1S/C21H28N4O/c1-15(2)13-20(26)25-12-6-8-17(14-25)19-10-11-22-21(24-19)23-18-9-5-4-7-16(18)3/h4-5,7,9-11,15,17H,6,8,12-14H2,1-3H3,(H,22,23,24)/t17-/m1/s1. The summed E-state index contributed by atoms with van der Waals surface area (Å²) in [7, 11) is 0. The molecule has 0 bridgehead atoms. The van der Waals surface area contributed by atoms with E-state index in [4.69, 9.17) is 4.98 Å². The van der Waals surface area contributed by atoms with Crippen molar-refractivity contribution in [3.63, 3.8) is 0 Å². The number of aromatic nitrogens is 2. The maximum absolute atomic E-state index is 12.4. The average Bonchev–Trinajstić information content (AvgIpc) is 2.63. The molecule has 0 radical (unpaired) electrons. The number of nitrogens with zero attached hydrogens (tertiary/aromatic N) is 3. The van der Waals surface area contributed by atoms with Crippen LogP contribution in [0.1, 0.15) is 50.3 Å². The number of benzene rings is 1. The summed E-state index contributed by atoms with van der Waals surface area (Å²) >= 11 is 0. The molecule has 3 rings (SSSR count). The zero-order valence-electron chi connectivity index (χ0n) is 15.9. The minimum atomic E-state index is 0.261. The topological polar surface area (TPSA) is 58.1 Å². The van der Waals surface area contributed by atoms with Crippen molar-refractivity contribution in [2.75, 3.05) is 18.4 Å². The van der Waals surface area contributed by atoms with Gasteiger partial charge in [-0.2, -0.15) is 0 Å². The summed E-state index contributed by atoms with van der Waals surface area (Å²) in [6, 6.07) is 10.1. The van der Waals surface area contributed by atoms with Crippen molar-refractivity contribution >= 4 is 17.5 Å². The van der Waals surface area contributed by atoms with Crippen LogP contribution in [0.3, 0.4) is 0 Å². The molecule has 1 aromatic carbocycles. The number of aryl methyl sites for hydroxylation is 1. The van der Waals surface area contributed by atoms with Crippen LogP contribution in [0.5, 0.6) is 0 Å². The molecule has 1 N–H and O–H groups in total. The SMILES string of the molecule is Cc1ccccc1Nc1nccc([C@@H]2CCCN(C(=O)CC(C)C)C2)n1. The first-order chi connectivity index (χ1) is 12.5. The third kappa shape index (κ3) is 4.59. The van der Waals surface area contributed by atoms with E-state index in [1.165, 1.54) is 0 Å². The normalized spacial score (nSPS) is 17.4. The number of carbonyl (C=O) groups is 1. The van der Waals surface area contributed by atoms with Crippen LogP contribution in [0.2, 0.25) is 0 Å². The van der Waals surface area contributed by atoms with Crippen molar-refractivity contribution in [2.24, 2.45) is 5.92 Å². The number of amides is 1. The van der Waals surface area contributed by atoms with Gasteiger partial charge < -0.3 is 10.2 Å². The molecule has 1 aliphatic heterocycles. The Labute approximate surface area is 155 Å². The van der Waals surface area contributed by atoms with Gasteiger partial charge in [-0.25, -0.2) is 9.97 Å². The van der Waals surface area contributed by atoms with Crippen molar-refractivity contribution in [3.8, 4) is 0 Å². The lowest BCUT2D eigenvalue weighted by Gasteiger charge is -2.33. The molecule has 1 aromatic heterocycles. The number of anilines is 2. The van der Waals surface area contributed by atoms with E-state index in [1.54, 1.807) is 6.20 Å². The summed E-state index contributed by atoms with van der Waals surface area (Å²) in [5.41, 5.74) is 3.18.